The molecule has 0 atom stereocenters. The number of nitro groups is 1. The molecule has 6 heteroatoms. The standard InChI is InChI=1S/C7H4IN3O2/c8-4-1-2-5-6(10-3-9-5)7(4)11(12)13/h1-3H,(H,9,10). The average molecular weight is 289 g/mol. The highest BCUT2D eigenvalue weighted by Gasteiger charge is 2.18. The van der Waals surface area contributed by atoms with E-state index in [-0.39, 0.29) is 5.69 Å². The number of aromatic amines is 1. The molecule has 1 aromatic carbocycles. The molecule has 0 aliphatic heterocycles. The first-order valence-corrected chi connectivity index (χ1v) is 4.54. The number of rotatable bonds is 1. The lowest BCUT2D eigenvalue weighted by Crippen LogP contribution is -1.92. The maximum absolute atomic E-state index is 10.7. The van der Waals surface area contributed by atoms with Crippen molar-refractivity contribution < 1.29 is 4.92 Å². The quantitative estimate of drug-likeness (QED) is 0.496. The van der Waals surface area contributed by atoms with Crippen molar-refractivity contribution in [2.45, 2.75) is 0 Å². The van der Waals surface area contributed by atoms with Crippen molar-refractivity contribution in [2.24, 2.45) is 0 Å². The number of imidazole rings is 1. The van der Waals surface area contributed by atoms with E-state index in [1.165, 1.54) is 6.33 Å². The second-order valence-electron chi connectivity index (χ2n) is 2.45. The molecule has 0 saturated heterocycles. The number of halogens is 1. The topological polar surface area (TPSA) is 71.8 Å². The van der Waals surface area contributed by atoms with Gasteiger partial charge in [0.25, 0.3) is 0 Å². The summed E-state index contributed by atoms with van der Waals surface area (Å²) in [5.41, 5.74) is 1.17. The SMILES string of the molecule is O=[N+]([O-])c1c(I)ccc2[nH]cnc12. The van der Waals surface area contributed by atoms with Crippen LogP contribution in [0.15, 0.2) is 18.5 Å². The highest BCUT2D eigenvalue weighted by Crippen LogP contribution is 2.27. The lowest BCUT2D eigenvalue weighted by atomic mass is 10.3. The fourth-order valence-electron chi connectivity index (χ4n) is 1.14. The predicted octanol–water partition coefficient (Wildman–Crippen LogP) is 2.08. The summed E-state index contributed by atoms with van der Waals surface area (Å²) < 4.78 is 0.599. The van der Waals surface area contributed by atoms with Gasteiger partial charge in [0.15, 0.2) is 5.52 Å². The van der Waals surface area contributed by atoms with E-state index in [0.29, 0.717) is 14.6 Å². The fourth-order valence-corrected chi connectivity index (χ4v) is 1.77. The number of hydrogen-bond donors (Lipinski definition) is 1. The van der Waals surface area contributed by atoms with E-state index in [9.17, 15) is 10.1 Å². The Bertz CT molecular complexity index is 480. The normalized spacial score (nSPS) is 10.5. The van der Waals surface area contributed by atoms with Crippen molar-refractivity contribution in [1.29, 1.82) is 0 Å². The maximum atomic E-state index is 10.7. The van der Waals surface area contributed by atoms with E-state index in [0.717, 1.165) is 0 Å². The molecule has 2 rings (SSSR count). The van der Waals surface area contributed by atoms with Crippen molar-refractivity contribution in [3.05, 3.63) is 32.1 Å². The van der Waals surface area contributed by atoms with Gasteiger partial charge in [0.05, 0.1) is 20.3 Å². The maximum Gasteiger partial charge on any atom is 0.310 e. The first-order valence-electron chi connectivity index (χ1n) is 3.46. The molecule has 13 heavy (non-hydrogen) atoms. The molecule has 1 N–H and O–H groups in total. The van der Waals surface area contributed by atoms with Gasteiger partial charge in [0.2, 0.25) is 0 Å². The second-order valence-corrected chi connectivity index (χ2v) is 3.61. The number of H-pyrrole nitrogens is 1. The Labute approximate surface area is 86.5 Å². The summed E-state index contributed by atoms with van der Waals surface area (Å²) in [6.07, 6.45) is 1.45. The van der Waals surface area contributed by atoms with E-state index < -0.39 is 4.92 Å². The van der Waals surface area contributed by atoms with E-state index in [4.69, 9.17) is 0 Å². The van der Waals surface area contributed by atoms with Crippen LogP contribution in [-0.4, -0.2) is 14.9 Å². The monoisotopic (exact) mass is 289 g/mol. The molecule has 0 fully saturated rings. The van der Waals surface area contributed by atoms with Crippen LogP contribution in [0.2, 0.25) is 0 Å². The van der Waals surface area contributed by atoms with Crippen LogP contribution in [0.3, 0.4) is 0 Å². The minimum atomic E-state index is -0.412. The van der Waals surface area contributed by atoms with Crippen LogP contribution in [0.4, 0.5) is 5.69 Å². The molecule has 0 bridgehead atoms. The van der Waals surface area contributed by atoms with Gasteiger partial charge >= 0.3 is 5.69 Å². The lowest BCUT2D eigenvalue weighted by molar-refractivity contribution is -0.384. The average Bonchev–Trinajstić information content (AvgIpc) is 2.50. The van der Waals surface area contributed by atoms with E-state index in [2.05, 4.69) is 9.97 Å². The molecule has 1 heterocycles. The number of benzene rings is 1. The molecule has 0 spiro atoms. The number of fused-ring (bicyclic) bond motifs is 1. The summed E-state index contributed by atoms with van der Waals surface area (Å²) in [5.74, 6) is 0. The van der Waals surface area contributed by atoms with Gasteiger partial charge in [0, 0.05) is 0 Å². The summed E-state index contributed by atoms with van der Waals surface area (Å²) in [4.78, 5) is 17.0. The zero-order valence-corrected chi connectivity index (χ0v) is 8.48. The first-order chi connectivity index (χ1) is 6.20. The Morgan fingerprint density at radius 2 is 2.31 bits per heavy atom. The first kappa shape index (κ1) is 8.42. The fraction of sp³-hybridized carbons (Fsp3) is 0. The number of aromatic nitrogens is 2. The van der Waals surface area contributed by atoms with Crippen LogP contribution in [0.1, 0.15) is 0 Å². The lowest BCUT2D eigenvalue weighted by Gasteiger charge is -1.94. The van der Waals surface area contributed by atoms with E-state index >= 15 is 0 Å². The smallest absolute Gasteiger partial charge is 0.310 e. The molecule has 0 radical (unpaired) electrons. The van der Waals surface area contributed by atoms with Gasteiger partial charge in [-0.3, -0.25) is 10.1 Å². The third-order valence-electron chi connectivity index (χ3n) is 1.70. The summed E-state index contributed by atoms with van der Waals surface area (Å²) in [5, 5.41) is 10.7. The third kappa shape index (κ3) is 1.26. The molecular weight excluding hydrogens is 285 g/mol. The molecule has 66 valence electrons. The molecule has 0 saturated carbocycles. The number of nitrogens with zero attached hydrogens (tertiary/aromatic N) is 2. The molecule has 2 aromatic rings. The highest BCUT2D eigenvalue weighted by molar-refractivity contribution is 14.1. The summed E-state index contributed by atoms with van der Waals surface area (Å²) in [6, 6.07) is 3.47. The van der Waals surface area contributed by atoms with Crippen molar-refractivity contribution in [1.82, 2.24) is 9.97 Å². The Kier molecular flexibility index (Phi) is 1.91. The Hall–Kier alpha value is -1.18. The molecule has 1 aromatic heterocycles. The summed E-state index contributed by atoms with van der Waals surface area (Å²) in [7, 11) is 0. The molecule has 0 unspecified atom stereocenters. The molecule has 0 amide bonds. The molecule has 0 aliphatic carbocycles. The molecule has 0 aliphatic rings. The predicted molar refractivity (Wildman–Crippen MR) is 55.5 cm³/mol. The summed E-state index contributed by atoms with van der Waals surface area (Å²) in [6.45, 7) is 0. The van der Waals surface area contributed by atoms with Gasteiger partial charge in [-0.05, 0) is 34.7 Å². The van der Waals surface area contributed by atoms with Gasteiger partial charge in [-0.25, -0.2) is 4.98 Å². The van der Waals surface area contributed by atoms with Crippen LogP contribution >= 0.6 is 22.6 Å². The van der Waals surface area contributed by atoms with Crippen LogP contribution in [0, 0.1) is 13.7 Å². The summed E-state index contributed by atoms with van der Waals surface area (Å²) >= 11 is 1.93. The highest BCUT2D eigenvalue weighted by atomic mass is 127. The zero-order chi connectivity index (χ0) is 9.42. The second kappa shape index (κ2) is 2.95. The van der Waals surface area contributed by atoms with Crippen molar-refractivity contribution in [2.75, 3.05) is 0 Å². The minimum absolute atomic E-state index is 0.0688. The third-order valence-corrected chi connectivity index (χ3v) is 2.57. The van der Waals surface area contributed by atoms with E-state index in [1.807, 2.05) is 22.6 Å². The number of nitrogens with one attached hydrogen (secondary N) is 1. The van der Waals surface area contributed by atoms with Gasteiger partial charge < -0.3 is 4.98 Å². The van der Waals surface area contributed by atoms with Crippen LogP contribution < -0.4 is 0 Å². The van der Waals surface area contributed by atoms with Crippen LogP contribution in [-0.2, 0) is 0 Å². The Morgan fingerprint density at radius 1 is 1.54 bits per heavy atom. The van der Waals surface area contributed by atoms with Crippen LogP contribution in [0.25, 0.3) is 11.0 Å². The van der Waals surface area contributed by atoms with Gasteiger partial charge in [0.1, 0.15) is 0 Å². The van der Waals surface area contributed by atoms with Gasteiger partial charge in [-0.2, -0.15) is 0 Å². The molecular formula is C7H4IN3O2. The number of nitro benzene ring substituents is 1. The van der Waals surface area contributed by atoms with Gasteiger partial charge in [-0.15, -0.1) is 0 Å². The van der Waals surface area contributed by atoms with Gasteiger partial charge in [-0.1, -0.05) is 0 Å². The Balaban J connectivity index is 2.88. The number of hydrogen-bond acceptors (Lipinski definition) is 3. The largest absolute Gasteiger partial charge is 0.344 e. The van der Waals surface area contributed by atoms with E-state index in [1.54, 1.807) is 12.1 Å². The van der Waals surface area contributed by atoms with Crippen molar-refractivity contribution in [3.8, 4) is 0 Å². The van der Waals surface area contributed by atoms with Crippen LogP contribution in [0.5, 0.6) is 0 Å². The Morgan fingerprint density at radius 3 is 3.00 bits per heavy atom. The molecule has 5 nitrogen and oxygen atoms in total. The zero-order valence-electron chi connectivity index (χ0n) is 6.32. The minimum Gasteiger partial charge on any atom is -0.344 e. The van der Waals surface area contributed by atoms with Crippen molar-refractivity contribution >= 4 is 39.3 Å². The van der Waals surface area contributed by atoms with Crippen molar-refractivity contribution in [3.63, 3.8) is 0 Å².